The number of likely N-dealkylation sites (N-methyl/N-ethyl adjacent to an activating group) is 1. The van der Waals surface area contributed by atoms with E-state index in [1.165, 1.54) is 4.57 Å². The monoisotopic (exact) mass is 465 g/mol. The van der Waals surface area contributed by atoms with Crippen LogP contribution in [0.1, 0.15) is 12.5 Å². The molecule has 4 N–H and O–H groups in total. The molecular weight excluding hydrogens is 438 g/mol. The Morgan fingerprint density at radius 1 is 1.18 bits per heavy atom. The third-order valence-corrected chi connectivity index (χ3v) is 6.02. The van der Waals surface area contributed by atoms with Crippen LogP contribution < -0.4 is 27.2 Å². The maximum Gasteiger partial charge on any atom is 0.330 e. The number of para-hydroxylation sites is 1. The minimum Gasteiger partial charge on any atom is -0.383 e. The summed E-state index contributed by atoms with van der Waals surface area (Å²) in [5, 5.41) is 2.90. The molecule has 0 bridgehead atoms. The summed E-state index contributed by atoms with van der Waals surface area (Å²) >= 11 is 1.56. The first-order chi connectivity index (χ1) is 15.9. The maximum absolute atomic E-state index is 12.8. The Labute approximate surface area is 196 Å². The van der Waals surface area contributed by atoms with Crippen molar-refractivity contribution in [2.24, 2.45) is 0 Å². The number of H-pyrrole nitrogens is 1. The van der Waals surface area contributed by atoms with Gasteiger partial charge < -0.3 is 16.0 Å². The minimum atomic E-state index is -0.626. The zero-order valence-corrected chi connectivity index (χ0v) is 19.2. The Morgan fingerprint density at radius 2 is 1.88 bits per heavy atom. The normalized spacial score (nSPS) is 10.6. The maximum atomic E-state index is 12.8. The van der Waals surface area contributed by atoms with Gasteiger partial charge in [-0.05, 0) is 24.6 Å². The second-order valence-electron chi connectivity index (χ2n) is 7.22. The molecule has 3 rings (SSSR count). The number of hydrogen-bond donors (Lipinski definition) is 3. The van der Waals surface area contributed by atoms with Crippen LogP contribution in [0.2, 0.25) is 0 Å². The van der Waals surface area contributed by atoms with E-state index < -0.39 is 11.2 Å². The highest BCUT2D eigenvalue weighted by Crippen LogP contribution is 2.27. The molecule has 0 unspecified atom stereocenters. The highest BCUT2D eigenvalue weighted by molar-refractivity contribution is 7.99. The Kier molecular flexibility index (Phi) is 8.15. The standard InChI is InChI=1S/C24H27N5O3S/c1-3-14-33-19-13-9-8-12-18(19)26-20(30)16-28(4-2)21-22(25)29(24(32)27-23(21)31)15-17-10-6-5-7-11-17/h3,5-13H,1,4,14-16,25H2,2H3,(H,26,30)(H,27,31,32). The first-order valence-corrected chi connectivity index (χ1v) is 11.5. The van der Waals surface area contributed by atoms with Gasteiger partial charge in [-0.3, -0.25) is 19.1 Å². The fourth-order valence-corrected chi connectivity index (χ4v) is 4.11. The molecule has 0 atom stereocenters. The number of aromatic nitrogens is 2. The molecule has 0 spiro atoms. The zero-order chi connectivity index (χ0) is 23.8. The molecule has 172 valence electrons. The number of nitrogen functional groups attached to an aromatic ring is 1. The lowest BCUT2D eigenvalue weighted by Crippen LogP contribution is -2.41. The molecule has 0 saturated heterocycles. The predicted octanol–water partition coefficient (Wildman–Crippen LogP) is 2.91. The van der Waals surface area contributed by atoms with Crippen LogP contribution >= 0.6 is 11.8 Å². The number of carbonyl (C=O) groups excluding carboxylic acids is 1. The van der Waals surface area contributed by atoms with E-state index in [1.807, 2.05) is 61.5 Å². The smallest absolute Gasteiger partial charge is 0.330 e. The summed E-state index contributed by atoms with van der Waals surface area (Å²) in [6.45, 7) is 5.98. The van der Waals surface area contributed by atoms with Gasteiger partial charge >= 0.3 is 5.69 Å². The van der Waals surface area contributed by atoms with Crippen LogP contribution in [0.25, 0.3) is 0 Å². The third kappa shape index (κ3) is 5.95. The van der Waals surface area contributed by atoms with E-state index >= 15 is 0 Å². The fourth-order valence-electron chi connectivity index (χ4n) is 3.36. The third-order valence-electron chi connectivity index (χ3n) is 4.95. The molecule has 9 heteroatoms. The number of nitrogens with zero attached hydrogens (tertiary/aromatic N) is 2. The number of hydrogen-bond acceptors (Lipinski definition) is 6. The van der Waals surface area contributed by atoms with Crippen molar-refractivity contribution in [3.05, 3.63) is 93.7 Å². The van der Waals surface area contributed by atoms with Gasteiger partial charge in [-0.1, -0.05) is 48.5 Å². The molecule has 0 saturated carbocycles. The van der Waals surface area contributed by atoms with Gasteiger partial charge in [-0.25, -0.2) is 4.79 Å². The van der Waals surface area contributed by atoms with Crippen LogP contribution in [0.15, 0.2) is 81.7 Å². The molecule has 1 heterocycles. The SMILES string of the molecule is C=CCSc1ccccc1NC(=O)CN(CC)c1c(N)n(Cc2ccccc2)c(=O)[nH]c1=O. The Morgan fingerprint density at radius 3 is 2.58 bits per heavy atom. The van der Waals surface area contributed by atoms with Crippen LogP contribution in [-0.4, -0.2) is 34.3 Å². The number of benzene rings is 2. The number of thioether (sulfide) groups is 1. The summed E-state index contributed by atoms with van der Waals surface area (Å²) in [5.41, 5.74) is 6.69. The van der Waals surface area contributed by atoms with E-state index in [0.717, 1.165) is 10.5 Å². The molecule has 0 radical (unpaired) electrons. The molecule has 1 aromatic heterocycles. The van der Waals surface area contributed by atoms with Gasteiger partial charge in [0.2, 0.25) is 5.91 Å². The number of anilines is 3. The topological polar surface area (TPSA) is 113 Å². The summed E-state index contributed by atoms with van der Waals surface area (Å²) in [5.74, 6) is 0.426. The van der Waals surface area contributed by atoms with Crippen molar-refractivity contribution in [1.82, 2.24) is 9.55 Å². The number of rotatable bonds is 10. The van der Waals surface area contributed by atoms with E-state index in [1.54, 1.807) is 22.7 Å². The summed E-state index contributed by atoms with van der Waals surface area (Å²) in [6.07, 6.45) is 1.79. The molecule has 0 aliphatic carbocycles. The largest absolute Gasteiger partial charge is 0.383 e. The minimum absolute atomic E-state index is 0.0178. The summed E-state index contributed by atoms with van der Waals surface area (Å²) < 4.78 is 1.30. The van der Waals surface area contributed by atoms with Gasteiger partial charge in [0, 0.05) is 17.2 Å². The van der Waals surface area contributed by atoms with E-state index in [0.29, 0.717) is 18.0 Å². The molecule has 8 nitrogen and oxygen atoms in total. The van der Waals surface area contributed by atoms with Crippen LogP contribution in [-0.2, 0) is 11.3 Å². The van der Waals surface area contributed by atoms with Gasteiger partial charge in [0.15, 0.2) is 0 Å². The Hall–Kier alpha value is -3.72. The summed E-state index contributed by atoms with van der Waals surface area (Å²) in [6, 6.07) is 16.8. The quantitative estimate of drug-likeness (QED) is 0.313. The molecule has 1 amide bonds. The molecule has 0 aliphatic rings. The number of amides is 1. The average Bonchev–Trinajstić information content (AvgIpc) is 2.81. The number of nitrogens with one attached hydrogen (secondary N) is 2. The lowest BCUT2D eigenvalue weighted by atomic mass is 10.2. The average molecular weight is 466 g/mol. The molecular formula is C24H27N5O3S. The second-order valence-corrected chi connectivity index (χ2v) is 8.28. The molecule has 0 fully saturated rings. The van der Waals surface area contributed by atoms with Gasteiger partial charge in [0.1, 0.15) is 11.5 Å². The fraction of sp³-hybridized carbons (Fsp3) is 0.208. The summed E-state index contributed by atoms with van der Waals surface area (Å²) in [7, 11) is 0. The van der Waals surface area contributed by atoms with Gasteiger partial charge in [-0.2, -0.15) is 0 Å². The molecule has 33 heavy (non-hydrogen) atoms. The lowest BCUT2D eigenvalue weighted by Gasteiger charge is -2.24. The van der Waals surface area contributed by atoms with Crippen molar-refractivity contribution in [3.8, 4) is 0 Å². The van der Waals surface area contributed by atoms with E-state index in [4.69, 9.17) is 5.73 Å². The van der Waals surface area contributed by atoms with Crippen molar-refractivity contribution < 1.29 is 4.79 Å². The van der Waals surface area contributed by atoms with Crippen molar-refractivity contribution in [2.45, 2.75) is 18.4 Å². The van der Waals surface area contributed by atoms with Crippen LogP contribution in [0.5, 0.6) is 0 Å². The molecule has 0 aliphatic heterocycles. The van der Waals surface area contributed by atoms with Crippen molar-refractivity contribution in [2.75, 3.05) is 34.8 Å². The first-order valence-electron chi connectivity index (χ1n) is 10.5. The van der Waals surface area contributed by atoms with Gasteiger partial charge in [0.05, 0.1) is 18.8 Å². The first kappa shape index (κ1) is 23.9. The Bertz CT molecular complexity index is 1240. The van der Waals surface area contributed by atoms with E-state index in [2.05, 4.69) is 16.9 Å². The Balaban J connectivity index is 1.85. The molecule has 2 aromatic carbocycles. The lowest BCUT2D eigenvalue weighted by molar-refractivity contribution is -0.115. The number of carbonyl (C=O) groups is 1. The van der Waals surface area contributed by atoms with Gasteiger partial charge in [-0.15, -0.1) is 18.3 Å². The van der Waals surface area contributed by atoms with Crippen LogP contribution in [0, 0.1) is 0 Å². The van der Waals surface area contributed by atoms with Crippen LogP contribution in [0.3, 0.4) is 0 Å². The van der Waals surface area contributed by atoms with Crippen molar-refractivity contribution in [1.29, 1.82) is 0 Å². The number of nitrogens with two attached hydrogens (primary N) is 1. The predicted molar refractivity (Wildman–Crippen MR) is 135 cm³/mol. The van der Waals surface area contributed by atoms with Gasteiger partial charge in [0.25, 0.3) is 5.56 Å². The van der Waals surface area contributed by atoms with Crippen molar-refractivity contribution in [3.63, 3.8) is 0 Å². The molecule has 3 aromatic rings. The van der Waals surface area contributed by atoms with Crippen LogP contribution in [0.4, 0.5) is 17.2 Å². The zero-order valence-electron chi connectivity index (χ0n) is 18.4. The van der Waals surface area contributed by atoms with E-state index in [9.17, 15) is 14.4 Å². The second kappa shape index (κ2) is 11.2. The highest BCUT2D eigenvalue weighted by atomic mass is 32.2. The van der Waals surface area contributed by atoms with E-state index in [-0.39, 0.29) is 30.5 Å². The van der Waals surface area contributed by atoms with Crippen molar-refractivity contribution >= 4 is 34.9 Å². The summed E-state index contributed by atoms with van der Waals surface area (Å²) in [4.78, 5) is 42.7. The highest BCUT2D eigenvalue weighted by Gasteiger charge is 2.20. The number of aromatic amines is 1.